The number of phosphoric ester groups is 2. The number of aliphatic hydroxyl groups excluding tert-OH is 1. The molecule has 558 valence electrons. The molecule has 0 amide bonds. The van der Waals surface area contributed by atoms with Crippen molar-refractivity contribution in [1.29, 1.82) is 0 Å². The molecule has 0 saturated carbocycles. The molecule has 19 heteroatoms. The van der Waals surface area contributed by atoms with Crippen LogP contribution in [0.4, 0.5) is 0 Å². The van der Waals surface area contributed by atoms with Gasteiger partial charge in [-0.2, -0.15) is 0 Å². The van der Waals surface area contributed by atoms with Crippen molar-refractivity contribution in [3.8, 4) is 0 Å². The van der Waals surface area contributed by atoms with Crippen LogP contribution >= 0.6 is 15.6 Å². The average molecular weight is 1380 g/mol. The zero-order valence-electron chi connectivity index (χ0n) is 61.1. The van der Waals surface area contributed by atoms with Crippen molar-refractivity contribution in [3.05, 3.63) is 0 Å². The topological polar surface area (TPSA) is 237 Å². The zero-order chi connectivity index (χ0) is 69.1. The lowest BCUT2D eigenvalue weighted by Gasteiger charge is -2.21. The summed E-state index contributed by atoms with van der Waals surface area (Å²) in [4.78, 5) is 72.7. The largest absolute Gasteiger partial charge is 0.472 e. The number of carbonyl (C=O) groups excluding carboxylic acids is 4. The number of phosphoric acid groups is 2. The maximum absolute atomic E-state index is 13.1. The van der Waals surface area contributed by atoms with E-state index in [2.05, 4.69) is 34.6 Å². The van der Waals surface area contributed by atoms with Crippen molar-refractivity contribution in [2.24, 2.45) is 5.92 Å². The van der Waals surface area contributed by atoms with Gasteiger partial charge in [0.15, 0.2) is 12.2 Å². The molecule has 0 aromatic heterocycles. The molecule has 94 heavy (non-hydrogen) atoms. The fraction of sp³-hybridized carbons (Fsp3) is 0.947. The first-order valence-corrected chi connectivity index (χ1v) is 42.1. The van der Waals surface area contributed by atoms with Gasteiger partial charge in [-0.25, -0.2) is 9.13 Å². The van der Waals surface area contributed by atoms with Crippen molar-refractivity contribution in [2.75, 3.05) is 39.6 Å². The highest BCUT2D eigenvalue weighted by Gasteiger charge is 2.30. The van der Waals surface area contributed by atoms with Crippen molar-refractivity contribution in [3.63, 3.8) is 0 Å². The molecule has 0 rings (SSSR count). The third-order valence-corrected chi connectivity index (χ3v) is 19.4. The normalized spacial score (nSPS) is 14.0. The molecule has 0 aliphatic rings. The highest BCUT2D eigenvalue weighted by atomic mass is 31.2. The fourth-order valence-corrected chi connectivity index (χ4v) is 13.1. The van der Waals surface area contributed by atoms with Crippen molar-refractivity contribution >= 4 is 39.5 Å². The molecule has 0 aromatic rings. The Hall–Kier alpha value is -1.94. The summed E-state index contributed by atoms with van der Waals surface area (Å²) in [5.41, 5.74) is 0. The lowest BCUT2D eigenvalue weighted by atomic mass is 10.0. The molecule has 0 aliphatic carbocycles. The van der Waals surface area contributed by atoms with Crippen molar-refractivity contribution in [1.82, 2.24) is 0 Å². The van der Waals surface area contributed by atoms with E-state index >= 15 is 0 Å². The van der Waals surface area contributed by atoms with Crippen LogP contribution in [0.3, 0.4) is 0 Å². The maximum atomic E-state index is 13.1. The Kier molecular flexibility index (Phi) is 66.8. The summed E-state index contributed by atoms with van der Waals surface area (Å²) in [6.45, 7) is 7.23. The standard InChI is InChI=1S/C75H146O17P2/c1-6-9-12-15-18-21-24-27-28-29-30-31-32-33-34-37-40-45-51-56-61-75(80)91-70(64-85-72(77)58-53-48-43-38-35-25-22-19-16-13-10-7-2)66-89-93(81,82)87-62-69(76)63-88-94(83,84)90-67-71(65-86-73(78)59-54-49-46-41-42-47-52-57-68(4)5)92-74(79)60-55-50-44-39-36-26-23-20-17-14-11-8-3/h68-71,76H,6-67H2,1-5H3,(H,81,82)(H,83,84)/t69-,70-,71-/m1/s1. The van der Waals surface area contributed by atoms with E-state index in [0.29, 0.717) is 31.6 Å². The van der Waals surface area contributed by atoms with Crippen molar-refractivity contribution < 1.29 is 80.2 Å². The van der Waals surface area contributed by atoms with E-state index < -0.39 is 97.5 Å². The Balaban J connectivity index is 5.20. The first kappa shape index (κ1) is 92.1. The molecule has 0 fully saturated rings. The van der Waals surface area contributed by atoms with Crippen LogP contribution in [0, 0.1) is 5.92 Å². The SMILES string of the molecule is CCCCCCCCCCCCCCCCCCCCCCC(=O)O[C@H](COC(=O)CCCCCCCCCCCCCC)COP(=O)(O)OC[C@@H](O)COP(=O)(O)OC[C@@H](COC(=O)CCCCCCCCCC(C)C)OC(=O)CCCCCCCCCCCCCC. The minimum Gasteiger partial charge on any atom is -0.462 e. The van der Waals surface area contributed by atoms with Crippen LogP contribution in [0.2, 0.25) is 0 Å². The van der Waals surface area contributed by atoms with E-state index in [1.165, 1.54) is 212 Å². The number of hydrogen-bond acceptors (Lipinski definition) is 15. The van der Waals surface area contributed by atoms with Crippen LogP contribution in [0.15, 0.2) is 0 Å². The Morgan fingerprint density at radius 1 is 0.287 bits per heavy atom. The number of aliphatic hydroxyl groups is 1. The Morgan fingerprint density at radius 3 is 0.723 bits per heavy atom. The van der Waals surface area contributed by atoms with Crippen LogP contribution in [0.1, 0.15) is 394 Å². The van der Waals surface area contributed by atoms with Crippen LogP contribution < -0.4 is 0 Å². The second kappa shape index (κ2) is 68.2. The molecular weight excluding hydrogens is 1230 g/mol. The summed E-state index contributed by atoms with van der Waals surface area (Å²) in [5.74, 6) is -1.41. The van der Waals surface area contributed by atoms with E-state index in [4.69, 9.17) is 37.0 Å². The number of rotatable bonds is 75. The smallest absolute Gasteiger partial charge is 0.462 e. The first-order valence-electron chi connectivity index (χ1n) is 39.1. The molecule has 0 aromatic carbocycles. The molecule has 5 atom stereocenters. The molecule has 3 N–H and O–H groups in total. The van der Waals surface area contributed by atoms with Gasteiger partial charge in [-0.3, -0.25) is 37.3 Å². The second-order valence-electron chi connectivity index (χ2n) is 27.5. The molecule has 17 nitrogen and oxygen atoms in total. The minimum atomic E-state index is -4.95. The predicted octanol–water partition coefficient (Wildman–Crippen LogP) is 22.1. The summed E-state index contributed by atoms with van der Waals surface area (Å²) >= 11 is 0. The Labute approximate surface area is 575 Å². The van der Waals surface area contributed by atoms with Crippen LogP contribution in [-0.2, 0) is 65.4 Å². The molecule has 0 heterocycles. The number of ether oxygens (including phenoxy) is 4. The second-order valence-corrected chi connectivity index (χ2v) is 30.4. The molecular formula is C75H146O17P2. The highest BCUT2D eigenvalue weighted by Crippen LogP contribution is 2.45. The molecule has 0 spiro atoms. The fourth-order valence-electron chi connectivity index (χ4n) is 11.5. The van der Waals surface area contributed by atoms with Gasteiger partial charge in [0.05, 0.1) is 26.4 Å². The molecule has 0 aliphatic heterocycles. The summed E-state index contributed by atoms with van der Waals surface area (Å²) in [6, 6.07) is 0. The highest BCUT2D eigenvalue weighted by molar-refractivity contribution is 7.47. The monoisotopic (exact) mass is 1380 g/mol. The summed E-state index contributed by atoms with van der Waals surface area (Å²) in [5, 5.41) is 10.6. The van der Waals surface area contributed by atoms with Gasteiger partial charge < -0.3 is 33.8 Å². The predicted molar refractivity (Wildman–Crippen MR) is 382 cm³/mol. The van der Waals surface area contributed by atoms with Crippen LogP contribution in [0.25, 0.3) is 0 Å². The lowest BCUT2D eigenvalue weighted by molar-refractivity contribution is -0.161. The van der Waals surface area contributed by atoms with Gasteiger partial charge in [0.25, 0.3) is 0 Å². The quantitative estimate of drug-likeness (QED) is 0.0222. The van der Waals surface area contributed by atoms with E-state index in [-0.39, 0.29) is 25.7 Å². The molecule has 2 unspecified atom stereocenters. The van der Waals surface area contributed by atoms with Crippen LogP contribution in [-0.4, -0.2) is 96.7 Å². The third-order valence-electron chi connectivity index (χ3n) is 17.5. The summed E-state index contributed by atoms with van der Waals surface area (Å²) in [6.07, 6.45) is 56.9. The van der Waals surface area contributed by atoms with Gasteiger partial charge in [0, 0.05) is 25.7 Å². The third kappa shape index (κ3) is 68.6. The average Bonchev–Trinajstić information content (AvgIpc) is 1.90. The number of unbranched alkanes of at least 4 members (excludes halogenated alkanes) is 47. The maximum Gasteiger partial charge on any atom is 0.472 e. The van der Waals surface area contributed by atoms with Gasteiger partial charge in [-0.05, 0) is 31.6 Å². The summed E-state index contributed by atoms with van der Waals surface area (Å²) in [7, 11) is -9.91. The molecule has 0 saturated heterocycles. The summed E-state index contributed by atoms with van der Waals surface area (Å²) < 4.78 is 68.4. The number of carbonyl (C=O) groups is 4. The van der Waals surface area contributed by atoms with Gasteiger partial charge >= 0.3 is 39.5 Å². The molecule has 0 bridgehead atoms. The van der Waals surface area contributed by atoms with Gasteiger partial charge in [-0.15, -0.1) is 0 Å². The van der Waals surface area contributed by atoms with E-state index in [0.717, 1.165) is 96.3 Å². The number of esters is 4. The number of hydrogen-bond donors (Lipinski definition) is 3. The van der Waals surface area contributed by atoms with Crippen molar-refractivity contribution in [2.45, 2.75) is 412 Å². The van der Waals surface area contributed by atoms with E-state index in [1.54, 1.807) is 0 Å². The zero-order valence-corrected chi connectivity index (χ0v) is 62.9. The Morgan fingerprint density at radius 2 is 0.489 bits per heavy atom. The van der Waals surface area contributed by atoms with E-state index in [1.807, 2.05) is 0 Å². The lowest BCUT2D eigenvalue weighted by Crippen LogP contribution is -2.30. The molecule has 0 radical (unpaired) electrons. The minimum absolute atomic E-state index is 0.107. The van der Waals surface area contributed by atoms with Crippen LogP contribution in [0.5, 0.6) is 0 Å². The van der Waals surface area contributed by atoms with Gasteiger partial charge in [-0.1, -0.05) is 343 Å². The first-order chi connectivity index (χ1) is 45.5. The van der Waals surface area contributed by atoms with E-state index in [9.17, 15) is 43.2 Å². The van der Waals surface area contributed by atoms with Gasteiger partial charge in [0.1, 0.15) is 19.3 Å². The van der Waals surface area contributed by atoms with Gasteiger partial charge in [0.2, 0.25) is 0 Å². The Bertz CT molecular complexity index is 1810.